The van der Waals surface area contributed by atoms with Crippen molar-refractivity contribution in [3.05, 3.63) is 84.3 Å². The fourth-order valence-corrected chi connectivity index (χ4v) is 5.77. The van der Waals surface area contributed by atoms with Crippen molar-refractivity contribution in [1.29, 1.82) is 0 Å². The van der Waals surface area contributed by atoms with Gasteiger partial charge in [0.1, 0.15) is 28.0 Å². The van der Waals surface area contributed by atoms with Gasteiger partial charge in [0.15, 0.2) is 5.82 Å². The van der Waals surface area contributed by atoms with E-state index in [1.807, 2.05) is 4.72 Å². The fraction of sp³-hybridized carbons (Fsp3) is 0.259. The van der Waals surface area contributed by atoms with Gasteiger partial charge in [-0.1, -0.05) is 6.42 Å². The Morgan fingerprint density at radius 1 is 0.872 bits per heavy atom. The molecular formula is C27H25F4N5O2S. The van der Waals surface area contributed by atoms with Crippen molar-refractivity contribution in [1.82, 2.24) is 19.7 Å². The van der Waals surface area contributed by atoms with Gasteiger partial charge in [-0.3, -0.25) is 14.4 Å². The maximum absolute atomic E-state index is 15.8. The summed E-state index contributed by atoms with van der Waals surface area (Å²) in [4.78, 5) is 5.29. The van der Waals surface area contributed by atoms with Gasteiger partial charge in [0.05, 0.1) is 17.8 Å². The average Bonchev–Trinajstić information content (AvgIpc) is 3.35. The van der Waals surface area contributed by atoms with Crippen LogP contribution in [0.3, 0.4) is 0 Å². The molecular weight excluding hydrogens is 534 g/mol. The lowest BCUT2D eigenvalue weighted by Crippen LogP contribution is -2.32. The molecule has 39 heavy (non-hydrogen) atoms. The third-order valence-corrected chi connectivity index (χ3v) is 7.98. The summed E-state index contributed by atoms with van der Waals surface area (Å²) in [5, 5.41) is 4.49. The molecule has 7 nitrogen and oxygen atoms in total. The predicted octanol–water partition coefficient (Wildman–Crippen LogP) is 5.46. The van der Waals surface area contributed by atoms with E-state index in [4.69, 9.17) is 0 Å². The molecule has 2 aromatic carbocycles. The van der Waals surface area contributed by atoms with Gasteiger partial charge >= 0.3 is 0 Å². The third kappa shape index (κ3) is 5.81. The number of sulfonamides is 1. The molecule has 2 aromatic heterocycles. The third-order valence-electron chi connectivity index (χ3n) is 6.60. The van der Waals surface area contributed by atoms with Crippen molar-refractivity contribution in [3.63, 3.8) is 0 Å². The molecule has 4 aromatic rings. The Morgan fingerprint density at radius 3 is 2.33 bits per heavy atom. The molecule has 1 aliphatic heterocycles. The highest BCUT2D eigenvalue weighted by atomic mass is 32.2. The number of benzene rings is 2. The number of nitrogens with one attached hydrogen (secondary N) is 1. The van der Waals surface area contributed by atoms with Gasteiger partial charge < -0.3 is 4.90 Å². The van der Waals surface area contributed by atoms with Crippen molar-refractivity contribution in [2.45, 2.75) is 30.7 Å². The zero-order valence-corrected chi connectivity index (χ0v) is 21.6. The molecule has 5 rings (SSSR count). The summed E-state index contributed by atoms with van der Waals surface area (Å²) in [6, 6.07) is 6.99. The summed E-state index contributed by atoms with van der Waals surface area (Å²) >= 11 is 0. The van der Waals surface area contributed by atoms with Crippen LogP contribution in [0.5, 0.6) is 0 Å². The van der Waals surface area contributed by atoms with E-state index in [-0.39, 0.29) is 5.69 Å². The van der Waals surface area contributed by atoms with Crippen LogP contribution >= 0.6 is 0 Å². The van der Waals surface area contributed by atoms with Crippen LogP contribution in [0.25, 0.3) is 22.4 Å². The molecule has 0 aliphatic carbocycles. The summed E-state index contributed by atoms with van der Waals surface area (Å²) in [6.07, 6.45) is 8.19. The van der Waals surface area contributed by atoms with Crippen LogP contribution in [0, 0.1) is 23.3 Å². The Balaban J connectivity index is 1.54. The molecule has 204 valence electrons. The van der Waals surface area contributed by atoms with Crippen LogP contribution in [0.2, 0.25) is 0 Å². The number of anilines is 1. The van der Waals surface area contributed by atoms with E-state index in [9.17, 15) is 17.2 Å². The van der Waals surface area contributed by atoms with Gasteiger partial charge in [-0.25, -0.2) is 26.0 Å². The number of hydrogen-bond acceptors (Lipinski definition) is 5. The second kappa shape index (κ2) is 11.1. The Morgan fingerprint density at radius 2 is 1.59 bits per heavy atom. The summed E-state index contributed by atoms with van der Waals surface area (Å²) in [7, 11) is -4.75. The van der Waals surface area contributed by atoms with Crippen LogP contribution in [0.4, 0.5) is 23.2 Å². The van der Waals surface area contributed by atoms with E-state index in [0.29, 0.717) is 36.3 Å². The molecule has 1 aliphatic rings. The topological polar surface area (TPSA) is 80.1 Å². The normalized spacial score (nSPS) is 14.5. The number of aromatic nitrogens is 3. The van der Waals surface area contributed by atoms with E-state index in [0.717, 1.165) is 44.1 Å². The quantitative estimate of drug-likeness (QED) is 0.290. The monoisotopic (exact) mass is 559 g/mol. The number of halogens is 4. The number of piperidine rings is 1. The zero-order valence-electron chi connectivity index (χ0n) is 20.7. The molecule has 3 heterocycles. The van der Waals surface area contributed by atoms with Crippen LogP contribution < -0.4 is 4.72 Å². The smallest absolute Gasteiger partial charge is 0.265 e. The van der Waals surface area contributed by atoms with E-state index in [1.165, 1.54) is 18.8 Å². The first-order chi connectivity index (χ1) is 18.7. The maximum Gasteiger partial charge on any atom is 0.265 e. The standard InChI is InChI=1S/C27H25F4N5O2S/c28-19-4-5-21(29)24(16-19)39(37,38)34-23-7-6-22(30)25(26(23)31)27-20(18-8-10-32-11-9-18)17-36(33-27)15-14-35-12-2-1-3-13-35/h4-11,16-17,34H,1-3,12-15H2. The molecule has 1 fully saturated rings. The molecule has 0 bridgehead atoms. The molecule has 0 spiro atoms. The van der Waals surface area contributed by atoms with E-state index in [2.05, 4.69) is 15.0 Å². The van der Waals surface area contributed by atoms with Crippen molar-refractivity contribution >= 4 is 15.7 Å². The average molecular weight is 560 g/mol. The van der Waals surface area contributed by atoms with Gasteiger partial charge in [-0.05, 0) is 74.0 Å². The van der Waals surface area contributed by atoms with Crippen molar-refractivity contribution in [2.24, 2.45) is 0 Å². The molecule has 0 amide bonds. The maximum atomic E-state index is 15.8. The van der Waals surface area contributed by atoms with Crippen molar-refractivity contribution < 1.29 is 26.0 Å². The number of hydrogen-bond donors (Lipinski definition) is 1. The minimum Gasteiger partial charge on any atom is -0.301 e. The largest absolute Gasteiger partial charge is 0.301 e. The predicted molar refractivity (Wildman–Crippen MR) is 138 cm³/mol. The van der Waals surface area contributed by atoms with E-state index < -0.39 is 49.4 Å². The Hall–Kier alpha value is -3.77. The SMILES string of the molecule is O=S(=O)(Nc1ccc(F)c(-c2nn(CCN3CCCCC3)cc2-c2ccncc2)c1F)c1cc(F)ccc1F. The summed E-state index contributed by atoms with van der Waals surface area (Å²) in [6.45, 7) is 3.14. The van der Waals surface area contributed by atoms with Crippen LogP contribution in [0.1, 0.15) is 19.3 Å². The number of pyridine rings is 1. The van der Waals surface area contributed by atoms with E-state index >= 15 is 8.78 Å². The highest BCUT2D eigenvalue weighted by Gasteiger charge is 2.26. The first kappa shape index (κ1) is 26.8. The van der Waals surface area contributed by atoms with Crippen LogP contribution in [-0.4, -0.2) is 47.7 Å². The second-order valence-corrected chi connectivity index (χ2v) is 10.9. The summed E-state index contributed by atoms with van der Waals surface area (Å²) in [5.74, 6) is -4.43. The van der Waals surface area contributed by atoms with E-state index in [1.54, 1.807) is 23.0 Å². The van der Waals surface area contributed by atoms with Crippen LogP contribution in [-0.2, 0) is 16.6 Å². The second-order valence-electron chi connectivity index (χ2n) is 9.26. The Bertz CT molecular complexity index is 1590. The highest BCUT2D eigenvalue weighted by molar-refractivity contribution is 7.92. The molecule has 12 heteroatoms. The molecule has 0 unspecified atom stereocenters. The Kier molecular flexibility index (Phi) is 7.67. The first-order valence-corrected chi connectivity index (χ1v) is 13.9. The van der Waals surface area contributed by atoms with Crippen molar-refractivity contribution in [3.8, 4) is 22.4 Å². The first-order valence-electron chi connectivity index (χ1n) is 12.4. The summed E-state index contributed by atoms with van der Waals surface area (Å²) in [5.41, 5.74) is -0.203. The lowest BCUT2D eigenvalue weighted by atomic mass is 10.0. The molecule has 1 N–H and O–H groups in total. The van der Waals surface area contributed by atoms with Gasteiger partial charge in [-0.2, -0.15) is 5.10 Å². The lowest BCUT2D eigenvalue weighted by molar-refractivity contribution is 0.218. The highest BCUT2D eigenvalue weighted by Crippen LogP contribution is 2.37. The van der Waals surface area contributed by atoms with Crippen LogP contribution in [0.15, 0.2) is 66.0 Å². The van der Waals surface area contributed by atoms with Gasteiger partial charge in [-0.15, -0.1) is 0 Å². The number of nitrogens with zero attached hydrogens (tertiary/aromatic N) is 4. The summed E-state index contributed by atoms with van der Waals surface area (Å²) < 4.78 is 87.9. The Labute approximate surface area is 223 Å². The number of likely N-dealkylation sites (tertiary alicyclic amines) is 1. The lowest BCUT2D eigenvalue weighted by Gasteiger charge is -2.26. The zero-order chi connectivity index (χ0) is 27.6. The van der Waals surface area contributed by atoms with Gasteiger partial charge in [0.2, 0.25) is 0 Å². The molecule has 0 atom stereocenters. The van der Waals surface area contributed by atoms with Crippen molar-refractivity contribution in [2.75, 3.05) is 24.4 Å². The molecule has 0 saturated carbocycles. The molecule has 0 radical (unpaired) electrons. The molecule has 1 saturated heterocycles. The number of rotatable bonds is 8. The minimum atomic E-state index is -4.75. The van der Waals surface area contributed by atoms with Gasteiger partial charge in [0.25, 0.3) is 10.0 Å². The minimum absolute atomic E-state index is 0.0344. The van der Waals surface area contributed by atoms with Gasteiger partial charge in [0, 0.05) is 30.7 Å². The fourth-order valence-electron chi connectivity index (χ4n) is 4.62.